The molecule has 4 aliphatic rings. The number of fused-ring (bicyclic) bond motifs is 1. The van der Waals surface area contributed by atoms with Gasteiger partial charge in [-0.15, -0.1) is 38.8 Å². The van der Waals surface area contributed by atoms with Crippen LogP contribution in [0.5, 0.6) is 0 Å². The van der Waals surface area contributed by atoms with Crippen molar-refractivity contribution in [1.29, 1.82) is 0 Å². The molecule has 1 aliphatic carbocycles. The van der Waals surface area contributed by atoms with Gasteiger partial charge in [0.05, 0.1) is 0 Å². The molecule has 0 aromatic heterocycles. The Labute approximate surface area is 175 Å². The molecule has 4 rings (SSSR count). The maximum atomic E-state index is 9.61. The molecule has 0 amide bonds. The summed E-state index contributed by atoms with van der Waals surface area (Å²) in [6.45, 7) is 5.48. The van der Waals surface area contributed by atoms with Crippen LogP contribution in [0, 0.1) is 5.92 Å². The molecular weight excluding hydrogens is 409 g/mol. The normalized spacial score (nSPS) is 30.8. The minimum absolute atomic E-state index is 0.117. The Balaban J connectivity index is 0.000000193. The van der Waals surface area contributed by atoms with Crippen LogP contribution in [-0.2, 0) is 13.4 Å². The number of piperidine rings is 3. The number of nitrogens with zero attached hydrogens (tertiary/aromatic N) is 3. The quantitative estimate of drug-likeness (QED) is 0.478. The van der Waals surface area contributed by atoms with Crippen LogP contribution in [0.4, 0.5) is 0 Å². The Morgan fingerprint density at radius 1 is 0.654 bits per heavy atom. The predicted molar refractivity (Wildman–Crippen MR) is 110 cm³/mol. The maximum absolute atomic E-state index is 9.61. The molecule has 1 N–H and O–H groups in total. The van der Waals surface area contributed by atoms with Crippen molar-refractivity contribution in [1.82, 2.24) is 0 Å². The molecule has 156 valence electrons. The summed E-state index contributed by atoms with van der Waals surface area (Å²) in [4.78, 5) is 0. The fraction of sp³-hybridized carbons (Fsp3) is 1.00. The monoisotopic (exact) mass is 444 g/mol. The molecule has 0 aromatic rings. The van der Waals surface area contributed by atoms with E-state index in [1.165, 1.54) is 64.2 Å². The molecule has 3 heterocycles. The van der Waals surface area contributed by atoms with Gasteiger partial charge in [0, 0.05) is 6.10 Å². The number of hydrogen-bond acceptors (Lipinski definition) is 1. The van der Waals surface area contributed by atoms with Gasteiger partial charge in [0.15, 0.2) is 0 Å². The summed E-state index contributed by atoms with van der Waals surface area (Å²) < 4.78 is 0. The van der Waals surface area contributed by atoms with E-state index in [2.05, 4.69) is 16.0 Å². The molecule has 3 saturated heterocycles. The summed E-state index contributed by atoms with van der Waals surface area (Å²) in [5.74, 6) is 0.715. The first-order valence-corrected chi connectivity index (χ1v) is 13.8. The number of rotatable bonds is 0. The average Bonchev–Trinajstić information content (AvgIpc) is 2.73. The van der Waals surface area contributed by atoms with Gasteiger partial charge in [-0.05, 0) is 6.42 Å². The van der Waals surface area contributed by atoms with Gasteiger partial charge in [-0.25, -0.2) is 0 Å². The van der Waals surface area contributed by atoms with Crippen LogP contribution in [0.1, 0.15) is 70.6 Å². The predicted octanol–water partition coefficient (Wildman–Crippen LogP) is 6.15. The number of aliphatic hydroxyl groups excluding tert-OH is 1. The molecule has 0 radical (unpaired) electrons. The van der Waals surface area contributed by atoms with Crippen molar-refractivity contribution in [2.75, 3.05) is 32.7 Å². The second-order valence-electron chi connectivity index (χ2n) is 7.32. The average molecular weight is 445 g/mol. The Kier molecular flexibility index (Phi) is 17.3. The first-order chi connectivity index (χ1) is 12.8. The van der Waals surface area contributed by atoms with Gasteiger partial charge in [0.1, 0.15) is 0 Å². The molecule has 0 aromatic carbocycles. The van der Waals surface area contributed by atoms with Crippen LogP contribution < -0.4 is 0 Å². The first-order valence-electron chi connectivity index (χ1n) is 10.3. The molecule has 3 aliphatic heterocycles. The van der Waals surface area contributed by atoms with E-state index in [0.29, 0.717) is 12.0 Å². The summed E-state index contributed by atoms with van der Waals surface area (Å²) in [5, 5.41) is 22.4. The van der Waals surface area contributed by atoms with Gasteiger partial charge in [0.2, 0.25) is 0 Å². The van der Waals surface area contributed by atoms with E-state index < -0.39 is 0 Å². The third-order valence-corrected chi connectivity index (χ3v) is 5.29. The molecular formula is C19H36Cl2CrN3O-3. The zero-order valence-corrected chi connectivity index (χ0v) is 18.8. The van der Waals surface area contributed by atoms with Gasteiger partial charge >= 0.3 is 33.5 Å². The zero-order chi connectivity index (χ0) is 18.9. The third-order valence-electron chi connectivity index (χ3n) is 5.29. The van der Waals surface area contributed by atoms with Crippen molar-refractivity contribution in [2.24, 2.45) is 5.92 Å². The van der Waals surface area contributed by atoms with E-state index in [9.17, 15) is 5.11 Å². The molecule has 4 nitrogen and oxygen atoms in total. The molecule has 3 atom stereocenters. The van der Waals surface area contributed by atoms with Crippen molar-refractivity contribution in [3.63, 3.8) is 0 Å². The molecule has 0 spiro atoms. The Bertz CT molecular complexity index is 271. The van der Waals surface area contributed by atoms with Crippen LogP contribution in [0.15, 0.2) is 0 Å². The number of halogens is 2. The van der Waals surface area contributed by atoms with Gasteiger partial charge < -0.3 is 21.1 Å². The van der Waals surface area contributed by atoms with Crippen LogP contribution in [0.25, 0.3) is 16.0 Å². The van der Waals surface area contributed by atoms with Gasteiger partial charge in [-0.1, -0.05) is 70.1 Å². The van der Waals surface area contributed by atoms with Crippen molar-refractivity contribution < 1.29 is 18.5 Å². The van der Waals surface area contributed by atoms with Crippen molar-refractivity contribution in [3.05, 3.63) is 16.0 Å². The molecule has 0 bridgehead atoms. The molecule has 3 unspecified atom stereocenters. The Morgan fingerprint density at radius 3 is 1.54 bits per heavy atom. The summed E-state index contributed by atoms with van der Waals surface area (Å²) >= 11 is -0.181. The minimum atomic E-state index is -0.181. The Morgan fingerprint density at radius 2 is 1.15 bits per heavy atom. The van der Waals surface area contributed by atoms with Crippen molar-refractivity contribution >= 4 is 20.1 Å². The molecule has 7 heteroatoms. The van der Waals surface area contributed by atoms with Crippen molar-refractivity contribution in [3.8, 4) is 0 Å². The summed E-state index contributed by atoms with van der Waals surface area (Å²) in [7, 11) is 9.65. The zero-order valence-electron chi connectivity index (χ0n) is 16.0. The summed E-state index contributed by atoms with van der Waals surface area (Å²) in [6.07, 6.45) is 14.0. The topological polar surface area (TPSA) is 62.5 Å². The number of hydrogen-bond donors (Lipinski definition) is 1. The van der Waals surface area contributed by atoms with Crippen LogP contribution >= 0.6 is 20.1 Å². The summed E-state index contributed by atoms with van der Waals surface area (Å²) in [6, 6.07) is 0.303. The van der Waals surface area contributed by atoms with E-state index in [4.69, 9.17) is 20.1 Å². The van der Waals surface area contributed by atoms with Crippen molar-refractivity contribution in [2.45, 2.75) is 82.8 Å². The Hall–Kier alpha value is 0.952. The SMILES string of the molecule is C1CC[N-]CC1.C1CC[N-]CC1.OC1CCCC2CCC[N-]C12.[Cl][Cr][Cl]. The van der Waals surface area contributed by atoms with Gasteiger partial charge in [-0.2, -0.15) is 0 Å². The standard InChI is InChI=1S/C9H16NO.2C5H10N.2ClH.Cr/c11-8-5-1-3-7-4-2-6-10-9(7)8;2*1-2-4-6-5-3-1;;;/h7-9,11H,1-6H2;2*1-5H2;2*1H;/q3*-1;;;+2/p-2. The van der Waals surface area contributed by atoms with E-state index >= 15 is 0 Å². The fourth-order valence-corrected chi connectivity index (χ4v) is 3.90. The molecule has 1 saturated carbocycles. The first kappa shape index (κ1) is 25.0. The van der Waals surface area contributed by atoms with E-state index in [-0.39, 0.29) is 19.5 Å². The van der Waals surface area contributed by atoms with E-state index in [0.717, 1.165) is 39.1 Å². The van der Waals surface area contributed by atoms with Crippen LogP contribution in [0.3, 0.4) is 0 Å². The second-order valence-corrected chi connectivity index (χ2v) is 9.42. The van der Waals surface area contributed by atoms with Crippen LogP contribution in [-0.4, -0.2) is 50.0 Å². The second kappa shape index (κ2) is 18.0. The van der Waals surface area contributed by atoms with Gasteiger partial charge in [0.25, 0.3) is 0 Å². The molecule has 26 heavy (non-hydrogen) atoms. The van der Waals surface area contributed by atoms with Crippen LogP contribution in [0.2, 0.25) is 0 Å². The van der Waals surface area contributed by atoms with Gasteiger partial charge in [-0.3, -0.25) is 0 Å². The third kappa shape index (κ3) is 12.4. The van der Waals surface area contributed by atoms with E-state index in [1.807, 2.05) is 0 Å². The molecule has 4 fully saturated rings. The summed E-state index contributed by atoms with van der Waals surface area (Å²) in [5.41, 5.74) is 0. The fourth-order valence-electron chi connectivity index (χ4n) is 3.90. The number of aliphatic hydroxyl groups is 1. The van der Waals surface area contributed by atoms with E-state index in [1.54, 1.807) is 0 Å².